The van der Waals surface area contributed by atoms with Gasteiger partial charge in [0.15, 0.2) is 0 Å². The highest BCUT2D eigenvalue weighted by molar-refractivity contribution is 5.83. The summed E-state index contributed by atoms with van der Waals surface area (Å²) in [5.74, 6) is -1.31. The van der Waals surface area contributed by atoms with Crippen LogP contribution >= 0.6 is 0 Å². The second-order valence-electron chi connectivity index (χ2n) is 2.49. The predicted octanol–water partition coefficient (Wildman–Crippen LogP) is 1.74. The molecule has 0 aliphatic carbocycles. The molecule has 82 valence electrons. The van der Waals surface area contributed by atoms with Crippen LogP contribution in [0.1, 0.15) is 13.3 Å². The van der Waals surface area contributed by atoms with E-state index < -0.39 is 18.2 Å². The molecule has 15 heavy (non-hydrogen) atoms. The van der Waals surface area contributed by atoms with E-state index in [1.54, 1.807) is 6.08 Å². The van der Waals surface area contributed by atoms with E-state index in [1.165, 1.54) is 6.08 Å². The number of allylic oxidation sites excluding steroid dienone is 1. The van der Waals surface area contributed by atoms with E-state index in [9.17, 15) is 9.59 Å². The molecule has 0 bridgehead atoms. The quantitative estimate of drug-likeness (QED) is 0.290. The number of ether oxygens (including phenoxy) is 2. The number of esters is 2. The minimum atomic E-state index is -1.03. The molecule has 0 amide bonds. The minimum absolute atomic E-state index is 0.655. The molecule has 0 aliphatic heterocycles. The molecular weight excluding hydrogens is 196 g/mol. The van der Waals surface area contributed by atoms with E-state index in [0.29, 0.717) is 0 Å². The van der Waals surface area contributed by atoms with Gasteiger partial charge < -0.3 is 9.47 Å². The monoisotopic (exact) mass is 210 g/mol. The summed E-state index contributed by atoms with van der Waals surface area (Å²) in [5, 5.41) is 0. The number of hydrogen-bond acceptors (Lipinski definition) is 4. The first-order valence-electron chi connectivity index (χ1n) is 4.46. The molecule has 0 heterocycles. The van der Waals surface area contributed by atoms with Gasteiger partial charge in [-0.1, -0.05) is 26.2 Å². The summed E-state index contributed by atoms with van der Waals surface area (Å²) in [4.78, 5) is 21.7. The van der Waals surface area contributed by atoms with Crippen molar-refractivity contribution in [2.45, 2.75) is 19.6 Å². The zero-order chi connectivity index (χ0) is 11.7. The Kier molecular flexibility index (Phi) is 6.63. The molecular formula is C11H14O4. The molecule has 0 aromatic heterocycles. The lowest BCUT2D eigenvalue weighted by Crippen LogP contribution is -2.20. The molecule has 0 aliphatic rings. The van der Waals surface area contributed by atoms with E-state index >= 15 is 0 Å². The summed E-state index contributed by atoms with van der Waals surface area (Å²) < 4.78 is 9.48. The van der Waals surface area contributed by atoms with Crippen molar-refractivity contribution < 1.29 is 19.1 Å². The van der Waals surface area contributed by atoms with E-state index in [4.69, 9.17) is 9.47 Å². The fraction of sp³-hybridized carbons (Fsp3) is 0.273. The molecule has 0 N–H and O–H groups in total. The van der Waals surface area contributed by atoms with Crippen LogP contribution in [0.3, 0.4) is 0 Å². The van der Waals surface area contributed by atoms with Gasteiger partial charge in [0.2, 0.25) is 0 Å². The van der Waals surface area contributed by atoms with Gasteiger partial charge in [0.05, 0.1) is 0 Å². The third kappa shape index (κ3) is 6.26. The molecule has 4 nitrogen and oxygen atoms in total. The Balaban J connectivity index is 4.36. The molecule has 0 radical (unpaired) electrons. The Morgan fingerprint density at radius 3 is 2.00 bits per heavy atom. The first-order chi connectivity index (χ1) is 7.13. The van der Waals surface area contributed by atoms with Crippen molar-refractivity contribution in [3.05, 3.63) is 37.5 Å². The zero-order valence-electron chi connectivity index (χ0n) is 8.64. The number of carbonyl (C=O) groups is 2. The largest absolute Gasteiger partial charge is 0.418 e. The van der Waals surface area contributed by atoms with Crippen LogP contribution in [0, 0.1) is 0 Å². The highest BCUT2D eigenvalue weighted by Gasteiger charge is 2.12. The van der Waals surface area contributed by atoms with Crippen molar-refractivity contribution >= 4 is 11.9 Å². The van der Waals surface area contributed by atoms with Crippen LogP contribution in [-0.4, -0.2) is 18.2 Å². The van der Waals surface area contributed by atoms with Crippen LogP contribution in [-0.2, 0) is 19.1 Å². The normalized spacial score (nSPS) is 10.0. The molecule has 0 spiro atoms. The van der Waals surface area contributed by atoms with Crippen molar-refractivity contribution in [2.75, 3.05) is 0 Å². The second-order valence-corrected chi connectivity index (χ2v) is 2.49. The summed E-state index contributed by atoms with van der Waals surface area (Å²) in [5.41, 5.74) is 0. The Labute approximate surface area is 88.9 Å². The van der Waals surface area contributed by atoms with Crippen LogP contribution in [0.4, 0.5) is 0 Å². The predicted molar refractivity (Wildman–Crippen MR) is 55.8 cm³/mol. The van der Waals surface area contributed by atoms with Gasteiger partial charge >= 0.3 is 11.9 Å². The number of rotatable bonds is 6. The summed E-state index contributed by atoms with van der Waals surface area (Å²) >= 11 is 0. The molecule has 0 saturated carbocycles. The highest BCUT2D eigenvalue weighted by Crippen LogP contribution is 2.00. The maximum Gasteiger partial charge on any atom is 0.333 e. The summed E-state index contributed by atoms with van der Waals surface area (Å²) in [6, 6.07) is 0. The zero-order valence-corrected chi connectivity index (χ0v) is 8.64. The van der Waals surface area contributed by atoms with Crippen LogP contribution in [0.2, 0.25) is 0 Å². The smallest absolute Gasteiger partial charge is 0.333 e. The molecule has 4 heteroatoms. The van der Waals surface area contributed by atoms with Gasteiger partial charge in [0.1, 0.15) is 0 Å². The molecule has 0 aromatic carbocycles. The third-order valence-electron chi connectivity index (χ3n) is 1.33. The lowest BCUT2D eigenvalue weighted by molar-refractivity contribution is -0.172. The molecule has 0 fully saturated rings. The lowest BCUT2D eigenvalue weighted by Gasteiger charge is -2.12. The Bertz CT molecular complexity index is 256. The molecule has 0 unspecified atom stereocenters. The van der Waals surface area contributed by atoms with Crippen molar-refractivity contribution in [1.82, 2.24) is 0 Å². The molecule has 0 atom stereocenters. The summed E-state index contributed by atoms with van der Waals surface area (Å²) in [6.07, 6.45) is 4.90. The summed E-state index contributed by atoms with van der Waals surface area (Å²) in [6.45, 7) is 8.37. The van der Waals surface area contributed by atoms with E-state index in [1.807, 2.05) is 6.92 Å². The van der Waals surface area contributed by atoms with Crippen molar-refractivity contribution in [3.63, 3.8) is 0 Å². The average Bonchev–Trinajstić information content (AvgIpc) is 2.25. The van der Waals surface area contributed by atoms with Crippen molar-refractivity contribution in [1.29, 1.82) is 0 Å². The first-order valence-corrected chi connectivity index (χ1v) is 4.46. The van der Waals surface area contributed by atoms with Crippen LogP contribution in [0.25, 0.3) is 0 Å². The second kappa shape index (κ2) is 7.55. The maximum atomic E-state index is 10.9. The number of carbonyl (C=O) groups excluding carboxylic acids is 2. The van der Waals surface area contributed by atoms with Gasteiger partial charge in [-0.05, 0) is 12.5 Å². The van der Waals surface area contributed by atoms with E-state index in [0.717, 1.165) is 18.6 Å². The van der Waals surface area contributed by atoms with Gasteiger partial charge in [0, 0.05) is 12.2 Å². The lowest BCUT2D eigenvalue weighted by atomic mass is 10.4. The topological polar surface area (TPSA) is 52.6 Å². The molecule has 0 rings (SSSR count). The Hall–Kier alpha value is -1.84. The minimum Gasteiger partial charge on any atom is -0.418 e. The van der Waals surface area contributed by atoms with Crippen LogP contribution < -0.4 is 0 Å². The van der Waals surface area contributed by atoms with E-state index in [-0.39, 0.29) is 0 Å². The molecule has 0 aromatic rings. The Morgan fingerprint density at radius 2 is 1.67 bits per heavy atom. The first kappa shape index (κ1) is 13.2. The van der Waals surface area contributed by atoms with Gasteiger partial charge in [-0.2, -0.15) is 0 Å². The van der Waals surface area contributed by atoms with Crippen LogP contribution in [0.15, 0.2) is 37.5 Å². The van der Waals surface area contributed by atoms with Crippen LogP contribution in [0.5, 0.6) is 0 Å². The van der Waals surface area contributed by atoms with Crippen molar-refractivity contribution in [3.8, 4) is 0 Å². The average molecular weight is 210 g/mol. The highest BCUT2D eigenvalue weighted by atomic mass is 16.7. The third-order valence-corrected chi connectivity index (χ3v) is 1.33. The van der Waals surface area contributed by atoms with Gasteiger partial charge in [-0.15, -0.1) is 0 Å². The fourth-order valence-corrected chi connectivity index (χ4v) is 0.675. The Morgan fingerprint density at radius 1 is 1.20 bits per heavy atom. The summed E-state index contributed by atoms with van der Waals surface area (Å²) in [7, 11) is 0. The maximum absolute atomic E-state index is 10.9. The molecule has 0 saturated heterocycles. The number of hydrogen-bond donors (Lipinski definition) is 0. The van der Waals surface area contributed by atoms with Crippen molar-refractivity contribution in [2.24, 2.45) is 0 Å². The SMILES string of the molecule is C=CC(=O)OC(C=CCC)OC(=O)C=C. The van der Waals surface area contributed by atoms with Gasteiger partial charge in [-0.25, -0.2) is 9.59 Å². The fourth-order valence-electron chi connectivity index (χ4n) is 0.675. The van der Waals surface area contributed by atoms with Gasteiger partial charge in [-0.3, -0.25) is 0 Å². The van der Waals surface area contributed by atoms with E-state index in [2.05, 4.69) is 13.2 Å². The van der Waals surface area contributed by atoms with Gasteiger partial charge in [0.25, 0.3) is 6.29 Å². The standard InChI is InChI=1S/C11H14O4/c1-4-7-8-11(14-9(12)5-2)15-10(13)6-3/h5-8,11H,2-4H2,1H3.